The number of benzene rings is 2. The minimum absolute atomic E-state index is 0.00575. The fourth-order valence-electron chi connectivity index (χ4n) is 1.95. The fourth-order valence-corrected chi connectivity index (χ4v) is 1.95. The van der Waals surface area contributed by atoms with Crippen LogP contribution in [0.15, 0.2) is 48.5 Å². The number of ether oxygens (including phenoxy) is 1. The molecular formula is C17H20N4O2. The molecule has 0 radical (unpaired) electrons. The number of amidine groups is 1. The molecule has 0 aliphatic rings. The first-order valence-corrected chi connectivity index (χ1v) is 7.27. The van der Waals surface area contributed by atoms with E-state index in [1.807, 2.05) is 0 Å². The second-order valence-electron chi connectivity index (χ2n) is 5.02. The number of rotatable bonds is 7. The van der Waals surface area contributed by atoms with Crippen molar-refractivity contribution in [2.24, 2.45) is 5.73 Å². The molecule has 1 amide bonds. The number of carbonyl (C=O) groups excluding carboxylic acids is 1. The average Bonchev–Trinajstić information content (AvgIpc) is 2.55. The standard InChI is InChI=1S/C17H20N4O2/c18-14-7-5-12(6-8-14)17(22)21-9-2-10-23-15-4-1-3-13(11-15)16(19)20/h1,3-8,11H,2,9-10,18H2,(H3,19,20)(H,21,22). The van der Waals surface area contributed by atoms with Crippen LogP contribution >= 0.6 is 0 Å². The van der Waals surface area contributed by atoms with Crippen LogP contribution in [-0.2, 0) is 0 Å². The Morgan fingerprint density at radius 2 is 1.87 bits per heavy atom. The van der Waals surface area contributed by atoms with Crippen LogP contribution in [0, 0.1) is 5.41 Å². The minimum atomic E-state index is -0.136. The van der Waals surface area contributed by atoms with Crippen molar-refractivity contribution in [2.75, 3.05) is 18.9 Å². The summed E-state index contributed by atoms with van der Waals surface area (Å²) in [5, 5.41) is 10.2. The van der Waals surface area contributed by atoms with Gasteiger partial charge in [-0.25, -0.2) is 0 Å². The van der Waals surface area contributed by atoms with Crippen LogP contribution in [0.1, 0.15) is 22.3 Å². The zero-order chi connectivity index (χ0) is 16.7. The van der Waals surface area contributed by atoms with E-state index < -0.39 is 0 Å². The van der Waals surface area contributed by atoms with E-state index in [2.05, 4.69) is 5.32 Å². The topological polar surface area (TPSA) is 114 Å². The third-order valence-electron chi connectivity index (χ3n) is 3.19. The van der Waals surface area contributed by atoms with E-state index in [9.17, 15) is 4.79 Å². The van der Waals surface area contributed by atoms with Gasteiger partial charge in [0, 0.05) is 23.4 Å². The Morgan fingerprint density at radius 3 is 2.57 bits per heavy atom. The smallest absolute Gasteiger partial charge is 0.251 e. The Labute approximate surface area is 135 Å². The molecule has 6 heteroatoms. The molecule has 0 saturated heterocycles. The zero-order valence-corrected chi connectivity index (χ0v) is 12.7. The molecule has 6 N–H and O–H groups in total. The van der Waals surface area contributed by atoms with Crippen LogP contribution in [-0.4, -0.2) is 24.9 Å². The van der Waals surface area contributed by atoms with Gasteiger partial charge < -0.3 is 21.5 Å². The summed E-state index contributed by atoms with van der Waals surface area (Å²) in [5.74, 6) is 0.525. The van der Waals surface area contributed by atoms with Gasteiger partial charge in [-0.2, -0.15) is 0 Å². The minimum Gasteiger partial charge on any atom is -0.494 e. The SMILES string of the molecule is N=C(N)c1cccc(OCCCNC(=O)c2ccc(N)cc2)c1. The van der Waals surface area contributed by atoms with Gasteiger partial charge in [-0.15, -0.1) is 0 Å². The molecule has 6 nitrogen and oxygen atoms in total. The van der Waals surface area contributed by atoms with E-state index in [1.54, 1.807) is 48.5 Å². The molecule has 120 valence electrons. The summed E-state index contributed by atoms with van der Waals surface area (Å²) < 4.78 is 5.58. The van der Waals surface area contributed by atoms with Gasteiger partial charge in [0.1, 0.15) is 11.6 Å². The molecule has 2 aromatic carbocycles. The van der Waals surface area contributed by atoms with Gasteiger partial charge in [0.15, 0.2) is 0 Å². The molecule has 23 heavy (non-hydrogen) atoms. The molecule has 0 saturated carbocycles. The van der Waals surface area contributed by atoms with Crippen molar-refractivity contribution in [3.63, 3.8) is 0 Å². The first-order chi connectivity index (χ1) is 11.1. The van der Waals surface area contributed by atoms with Gasteiger partial charge in [0.2, 0.25) is 0 Å². The van der Waals surface area contributed by atoms with Crippen molar-refractivity contribution in [3.8, 4) is 5.75 Å². The highest BCUT2D eigenvalue weighted by molar-refractivity contribution is 5.95. The lowest BCUT2D eigenvalue weighted by Crippen LogP contribution is -2.25. The fraction of sp³-hybridized carbons (Fsp3) is 0.176. The molecule has 0 aliphatic heterocycles. The summed E-state index contributed by atoms with van der Waals surface area (Å²) in [6.07, 6.45) is 0.672. The van der Waals surface area contributed by atoms with Crippen molar-refractivity contribution < 1.29 is 9.53 Å². The van der Waals surface area contributed by atoms with Crippen LogP contribution in [0.2, 0.25) is 0 Å². The maximum atomic E-state index is 11.9. The predicted octanol–water partition coefficient (Wildman–Crippen LogP) is 1.75. The van der Waals surface area contributed by atoms with Gasteiger partial charge in [0.25, 0.3) is 5.91 Å². The maximum absolute atomic E-state index is 11.9. The van der Waals surface area contributed by atoms with Crippen molar-refractivity contribution in [3.05, 3.63) is 59.7 Å². The van der Waals surface area contributed by atoms with Crippen molar-refractivity contribution in [1.82, 2.24) is 5.32 Å². The summed E-state index contributed by atoms with van der Waals surface area (Å²) in [6.45, 7) is 0.971. The summed E-state index contributed by atoms with van der Waals surface area (Å²) in [4.78, 5) is 11.9. The van der Waals surface area contributed by atoms with Crippen LogP contribution < -0.4 is 21.5 Å². The van der Waals surface area contributed by atoms with E-state index in [-0.39, 0.29) is 11.7 Å². The lowest BCUT2D eigenvalue weighted by atomic mass is 10.2. The second kappa shape index (κ2) is 7.84. The van der Waals surface area contributed by atoms with Crippen LogP contribution in [0.3, 0.4) is 0 Å². The number of hydrogen-bond donors (Lipinski definition) is 4. The molecule has 0 unspecified atom stereocenters. The highest BCUT2D eigenvalue weighted by Crippen LogP contribution is 2.13. The molecule has 0 spiro atoms. The maximum Gasteiger partial charge on any atom is 0.251 e. The largest absolute Gasteiger partial charge is 0.494 e. The number of anilines is 1. The molecule has 2 rings (SSSR count). The first kappa shape index (κ1) is 16.4. The summed E-state index contributed by atoms with van der Waals surface area (Å²) in [6, 6.07) is 13.8. The van der Waals surface area contributed by atoms with E-state index in [4.69, 9.17) is 21.6 Å². The van der Waals surface area contributed by atoms with Crippen LogP contribution in [0.4, 0.5) is 5.69 Å². The van der Waals surface area contributed by atoms with Gasteiger partial charge >= 0.3 is 0 Å². The number of amides is 1. The third-order valence-corrected chi connectivity index (χ3v) is 3.19. The number of nitrogens with one attached hydrogen (secondary N) is 2. The number of hydrogen-bond acceptors (Lipinski definition) is 4. The summed E-state index contributed by atoms with van der Waals surface area (Å²) in [7, 11) is 0. The lowest BCUT2D eigenvalue weighted by Gasteiger charge is -2.08. The summed E-state index contributed by atoms with van der Waals surface area (Å²) >= 11 is 0. The van der Waals surface area contributed by atoms with Crippen LogP contribution in [0.5, 0.6) is 5.75 Å². The molecule has 0 bridgehead atoms. The molecule has 0 aromatic heterocycles. The van der Waals surface area contributed by atoms with Gasteiger partial charge in [-0.3, -0.25) is 10.2 Å². The van der Waals surface area contributed by atoms with E-state index >= 15 is 0 Å². The normalized spacial score (nSPS) is 10.1. The molecule has 0 aliphatic carbocycles. The van der Waals surface area contributed by atoms with Crippen molar-refractivity contribution in [1.29, 1.82) is 5.41 Å². The molecule has 0 heterocycles. The Kier molecular flexibility index (Phi) is 5.57. The zero-order valence-electron chi connectivity index (χ0n) is 12.7. The van der Waals surface area contributed by atoms with E-state index in [0.29, 0.717) is 42.1 Å². The average molecular weight is 312 g/mol. The van der Waals surface area contributed by atoms with Gasteiger partial charge in [-0.1, -0.05) is 12.1 Å². The van der Waals surface area contributed by atoms with E-state index in [1.165, 1.54) is 0 Å². The number of nitrogens with two attached hydrogens (primary N) is 2. The van der Waals surface area contributed by atoms with Crippen LogP contribution in [0.25, 0.3) is 0 Å². The predicted molar refractivity (Wildman–Crippen MR) is 90.8 cm³/mol. The number of carbonyl (C=O) groups is 1. The molecule has 0 fully saturated rings. The second-order valence-corrected chi connectivity index (χ2v) is 5.02. The van der Waals surface area contributed by atoms with Gasteiger partial charge in [-0.05, 0) is 42.8 Å². The van der Waals surface area contributed by atoms with Gasteiger partial charge in [0.05, 0.1) is 6.61 Å². The van der Waals surface area contributed by atoms with Crippen molar-refractivity contribution >= 4 is 17.4 Å². The molecular weight excluding hydrogens is 292 g/mol. The Morgan fingerprint density at radius 1 is 1.13 bits per heavy atom. The highest BCUT2D eigenvalue weighted by atomic mass is 16.5. The third kappa shape index (κ3) is 5.03. The molecule has 2 aromatic rings. The highest BCUT2D eigenvalue weighted by Gasteiger charge is 2.04. The molecule has 0 atom stereocenters. The number of nitrogen functional groups attached to an aromatic ring is 2. The monoisotopic (exact) mass is 312 g/mol. The lowest BCUT2D eigenvalue weighted by molar-refractivity contribution is 0.0951. The Bertz CT molecular complexity index is 683. The Balaban J connectivity index is 1.71. The Hall–Kier alpha value is -3.02. The quantitative estimate of drug-likeness (QED) is 0.270. The van der Waals surface area contributed by atoms with E-state index in [0.717, 1.165) is 0 Å². The first-order valence-electron chi connectivity index (χ1n) is 7.27. The van der Waals surface area contributed by atoms with Crippen molar-refractivity contribution in [2.45, 2.75) is 6.42 Å². The summed E-state index contributed by atoms with van der Waals surface area (Å²) in [5.41, 5.74) is 12.8.